The maximum atomic E-state index is 12.3. The molecule has 108 valence electrons. The first-order chi connectivity index (χ1) is 9.47. The van der Waals surface area contributed by atoms with Gasteiger partial charge in [0.1, 0.15) is 6.10 Å². The third-order valence-electron chi connectivity index (χ3n) is 4.19. The summed E-state index contributed by atoms with van der Waals surface area (Å²) in [6.07, 6.45) is 4.35. The summed E-state index contributed by atoms with van der Waals surface area (Å²) < 4.78 is 33.2. The molecule has 0 spiro atoms. The lowest BCUT2D eigenvalue weighted by Crippen LogP contribution is -2.37. The monoisotopic (exact) mass is 293 g/mol. The van der Waals surface area contributed by atoms with Crippen LogP contribution in [0.1, 0.15) is 24.8 Å². The number of nitrogens with one attached hydrogen (secondary N) is 1. The van der Waals surface area contributed by atoms with Crippen LogP contribution in [0.5, 0.6) is 0 Å². The molecule has 2 aliphatic rings. The van der Waals surface area contributed by atoms with E-state index in [9.17, 15) is 8.42 Å². The summed E-state index contributed by atoms with van der Waals surface area (Å²) in [5.41, 5.74) is 0.891. The summed E-state index contributed by atoms with van der Waals surface area (Å²) in [7, 11) is -3.46. The van der Waals surface area contributed by atoms with Gasteiger partial charge in [-0.1, -0.05) is 23.8 Å². The Kier molecular flexibility index (Phi) is 3.23. The zero-order valence-electron chi connectivity index (χ0n) is 11.5. The van der Waals surface area contributed by atoms with Crippen molar-refractivity contribution in [3.63, 3.8) is 0 Å². The number of epoxide rings is 1. The topological polar surface area (TPSA) is 58.7 Å². The van der Waals surface area contributed by atoms with Crippen LogP contribution in [-0.4, -0.2) is 26.2 Å². The number of fused-ring (bicyclic) bond motifs is 1. The van der Waals surface area contributed by atoms with Crippen molar-refractivity contribution in [2.24, 2.45) is 0 Å². The molecule has 3 atom stereocenters. The zero-order valence-corrected chi connectivity index (χ0v) is 12.3. The molecule has 1 saturated heterocycles. The van der Waals surface area contributed by atoms with Crippen molar-refractivity contribution in [2.75, 3.05) is 0 Å². The van der Waals surface area contributed by atoms with Crippen LogP contribution >= 0.6 is 0 Å². The van der Waals surface area contributed by atoms with Crippen LogP contribution in [0.3, 0.4) is 0 Å². The molecule has 1 aromatic rings. The number of ether oxygens (including phenoxy) is 1. The molecule has 1 aliphatic carbocycles. The van der Waals surface area contributed by atoms with Gasteiger partial charge in [0.05, 0.1) is 16.5 Å². The lowest BCUT2D eigenvalue weighted by atomic mass is 10.0. The smallest absolute Gasteiger partial charge is 0.240 e. The Morgan fingerprint density at radius 1 is 1.45 bits per heavy atom. The van der Waals surface area contributed by atoms with E-state index in [1.165, 1.54) is 0 Å². The van der Waals surface area contributed by atoms with Crippen LogP contribution in [0.4, 0.5) is 0 Å². The molecule has 5 heteroatoms. The quantitative estimate of drug-likeness (QED) is 0.668. The van der Waals surface area contributed by atoms with E-state index < -0.39 is 10.0 Å². The maximum Gasteiger partial charge on any atom is 0.240 e. The van der Waals surface area contributed by atoms with E-state index in [1.807, 2.05) is 13.0 Å². The Bertz CT molecular complexity index is 623. The number of aryl methyl sites for hydroxylation is 1. The van der Waals surface area contributed by atoms with Gasteiger partial charge < -0.3 is 4.74 Å². The number of hydrogen-bond acceptors (Lipinski definition) is 3. The van der Waals surface area contributed by atoms with Gasteiger partial charge in [-0.25, -0.2) is 13.1 Å². The van der Waals surface area contributed by atoms with Crippen molar-refractivity contribution < 1.29 is 13.2 Å². The molecule has 1 aliphatic heterocycles. The van der Waals surface area contributed by atoms with E-state index >= 15 is 0 Å². The summed E-state index contributed by atoms with van der Waals surface area (Å²) in [5.74, 6) is 0. The molecular weight excluding hydrogens is 274 g/mol. The van der Waals surface area contributed by atoms with Gasteiger partial charge in [0.25, 0.3) is 0 Å². The predicted octanol–water partition coefficient (Wildman–Crippen LogP) is 2.15. The molecule has 1 heterocycles. The van der Waals surface area contributed by atoms with Gasteiger partial charge in [-0.15, -0.1) is 6.58 Å². The summed E-state index contributed by atoms with van der Waals surface area (Å²) in [6.45, 7) is 5.67. The summed E-state index contributed by atoms with van der Waals surface area (Å²) >= 11 is 0. The number of benzene rings is 1. The molecule has 20 heavy (non-hydrogen) atoms. The van der Waals surface area contributed by atoms with Crippen molar-refractivity contribution in [3.05, 3.63) is 42.5 Å². The van der Waals surface area contributed by atoms with Crippen molar-refractivity contribution >= 4 is 10.0 Å². The molecular formula is C15H19NO3S. The third kappa shape index (κ3) is 2.30. The van der Waals surface area contributed by atoms with E-state index in [2.05, 4.69) is 11.3 Å². The molecule has 0 bridgehead atoms. The van der Waals surface area contributed by atoms with Crippen LogP contribution in [0.15, 0.2) is 41.8 Å². The van der Waals surface area contributed by atoms with Crippen LogP contribution in [-0.2, 0) is 14.8 Å². The fourth-order valence-corrected chi connectivity index (χ4v) is 4.31. The second-order valence-corrected chi connectivity index (χ2v) is 7.39. The predicted molar refractivity (Wildman–Crippen MR) is 76.9 cm³/mol. The van der Waals surface area contributed by atoms with Crippen LogP contribution < -0.4 is 4.72 Å². The van der Waals surface area contributed by atoms with Crippen molar-refractivity contribution in [1.82, 2.24) is 4.72 Å². The largest absolute Gasteiger partial charge is 0.364 e. The fraction of sp³-hybridized carbons (Fsp3) is 0.467. The lowest BCUT2D eigenvalue weighted by molar-refractivity contribution is 0.237. The van der Waals surface area contributed by atoms with Gasteiger partial charge in [-0.2, -0.15) is 0 Å². The molecule has 1 saturated carbocycles. The minimum absolute atomic E-state index is 0.000670. The van der Waals surface area contributed by atoms with Crippen molar-refractivity contribution in [3.8, 4) is 0 Å². The van der Waals surface area contributed by atoms with E-state index in [-0.39, 0.29) is 17.7 Å². The molecule has 2 fully saturated rings. The van der Waals surface area contributed by atoms with Crippen LogP contribution in [0, 0.1) is 6.92 Å². The maximum absolute atomic E-state index is 12.3. The lowest BCUT2D eigenvalue weighted by Gasteiger charge is -2.13. The van der Waals surface area contributed by atoms with E-state index in [4.69, 9.17) is 4.74 Å². The highest BCUT2D eigenvalue weighted by Gasteiger charge is 2.63. The Morgan fingerprint density at radius 2 is 2.15 bits per heavy atom. The molecule has 0 unspecified atom stereocenters. The number of hydrogen-bond donors (Lipinski definition) is 1. The second kappa shape index (κ2) is 4.69. The molecule has 0 amide bonds. The van der Waals surface area contributed by atoms with E-state index in [0.29, 0.717) is 4.90 Å². The van der Waals surface area contributed by atoms with Gasteiger partial charge >= 0.3 is 0 Å². The van der Waals surface area contributed by atoms with Gasteiger partial charge in [0.2, 0.25) is 10.0 Å². The summed E-state index contributed by atoms with van der Waals surface area (Å²) in [5, 5.41) is 0. The molecule has 1 N–H and O–H groups in total. The molecule has 3 rings (SSSR count). The first-order valence-electron chi connectivity index (χ1n) is 6.85. The average Bonchev–Trinajstić information content (AvgIpc) is 3.02. The van der Waals surface area contributed by atoms with Crippen molar-refractivity contribution in [2.45, 2.75) is 48.8 Å². The first kappa shape index (κ1) is 13.8. The minimum atomic E-state index is -3.46. The molecule has 0 radical (unpaired) electrons. The summed E-state index contributed by atoms with van der Waals surface area (Å²) in [4.78, 5) is 0.310. The third-order valence-corrected chi connectivity index (χ3v) is 5.70. The van der Waals surface area contributed by atoms with Gasteiger partial charge in [0.15, 0.2) is 0 Å². The van der Waals surface area contributed by atoms with Gasteiger partial charge in [0, 0.05) is 0 Å². The van der Waals surface area contributed by atoms with Gasteiger partial charge in [-0.05, 0) is 38.3 Å². The molecule has 1 aromatic carbocycles. The standard InChI is InChI=1S/C15H19NO3S/c1-3-9-15-10-8-13(14(15)19-15)16-20(17,18)12-6-4-11(2)5-7-12/h3-7,13-14,16H,1,8-10H2,2H3/t13-,14-,15+/m0/s1. The Balaban J connectivity index is 1.72. The summed E-state index contributed by atoms with van der Waals surface area (Å²) in [6, 6.07) is 6.76. The van der Waals surface area contributed by atoms with Crippen molar-refractivity contribution in [1.29, 1.82) is 0 Å². The number of sulfonamides is 1. The Morgan fingerprint density at radius 3 is 2.75 bits per heavy atom. The fourth-order valence-electron chi connectivity index (χ4n) is 3.04. The molecule has 4 nitrogen and oxygen atoms in total. The highest BCUT2D eigenvalue weighted by atomic mass is 32.2. The van der Waals surface area contributed by atoms with Crippen LogP contribution in [0.25, 0.3) is 0 Å². The van der Waals surface area contributed by atoms with E-state index in [1.54, 1.807) is 24.3 Å². The molecule has 0 aromatic heterocycles. The highest BCUT2D eigenvalue weighted by Crippen LogP contribution is 2.52. The normalized spacial score (nSPS) is 31.9. The second-order valence-electron chi connectivity index (χ2n) is 5.68. The Hall–Kier alpha value is -1.17. The van der Waals surface area contributed by atoms with E-state index in [0.717, 1.165) is 24.8 Å². The average molecular weight is 293 g/mol. The highest BCUT2D eigenvalue weighted by molar-refractivity contribution is 7.89. The first-order valence-corrected chi connectivity index (χ1v) is 8.33. The minimum Gasteiger partial charge on any atom is -0.364 e. The Labute approximate surface area is 119 Å². The van der Waals surface area contributed by atoms with Crippen LogP contribution in [0.2, 0.25) is 0 Å². The van der Waals surface area contributed by atoms with Gasteiger partial charge in [-0.3, -0.25) is 0 Å². The zero-order chi connectivity index (χ0) is 14.4. The SMILES string of the molecule is C=CC[C@@]12CC[C@H](NS(=O)(=O)c3ccc(C)cc3)[C@@H]1O2. The number of rotatable bonds is 5.